The van der Waals surface area contributed by atoms with E-state index in [1.165, 1.54) is 7.11 Å². The molecule has 1 aromatic carbocycles. The van der Waals surface area contributed by atoms with E-state index in [-0.39, 0.29) is 5.91 Å². The highest BCUT2D eigenvalue weighted by atomic mass is 16.5. The molecule has 1 saturated heterocycles. The minimum absolute atomic E-state index is 0.0447. The second kappa shape index (κ2) is 3.21. The van der Waals surface area contributed by atoms with Crippen LogP contribution in [-0.4, -0.2) is 31.0 Å². The number of nitrogens with zero attached hydrogens (tertiary/aromatic N) is 1. The number of benzene rings is 1. The van der Waals surface area contributed by atoms with E-state index in [0.717, 1.165) is 13.1 Å². The Morgan fingerprint density at radius 3 is 2.79 bits per heavy atom. The average molecular weight is 192 g/mol. The highest BCUT2D eigenvalue weighted by Crippen LogP contribution is 2.23. The van der Waals surface area contributed by atoms with Crippen LogP contribution < -0.4 is 10.5 Å². The standard InChI is InChI=1S/C10H12N2O2/c1-14-9-6-7(2-3-8(9)11)10(13)12-4-5-12/h2-3,6H,4-5,11H2,1H3. The molecule has 1 heterocycles. The maximum absolute atomic E-state index is 11.6. The summed E-state index contributed by atoms with van der Waals surface area (Å²) in [6, 6.07) is 5.09. The van der Waals surface area contributed by atoms with E-state index < -0.39 is 0 Å². The van der Waals surface area contributed by atoms with Crippen LogP contribution in [0.1, 0.15) is 10.4 Å². The maximum atomic E-state index is 11.6. The summed E-state index contributed by atoms with van der Waals surface area (Å²) < 4.78 is 5.04. The van der Waals surface area contributed by atoms with Gasteiger partial charge in [0.05, 0.1) is 12.8 Å². The molecule has 0 unspecified atom stereocenters. The van der Waals surface area contributed by atoms with E-state index in [9.17, 15) is 4.79 Å². The molecule has 1 aliphatic heterocycles. The zero-order chi connectivity index (χ0) is 10.1. The van der Waals surface area contributed by atoms with Gasteiger partial charge in [0.15, 0.2) is 0 Å². The molecule has 0 saturated carbocycles. The predicted octanol–water partition coefficient (Wildman–Crippen LogP) is 0.733. The number of anilines is 1. The van der Waals surface area contributed by atoms with E-state index in [0.29, 0.717) is 17.0 Å². The van der Waals surface area contributed by atoms with Crippen molar-refractivity contribution >= 4 is 11.6 Å². The lowest BCUT2D eigenvalue weighted by molar-refractivity contribution is 0.0885. The van der Waals surface area contributed by atoms with Crippen molar-refractivity contribution in [3.05, 3.63) is 23.8 Å². The van der Waals surface area contributed by atoms with Crippen molar-refractivity contribution in [2.24, 2.45) is 0 Å². The number of nitrogens with two attached hydrogens (primary N) is 1. The molecule has 0 bridgehead atoms. The zero-order valence-corrected chi connectivity index (χ0v) is 7.99. The molecule has 14 heavy (non-hydrogen) atoms. The van der Waals surface area contributed by atoms with E-state index in [1.54, 1.807) is 23.1 Å². The topological polar surface area (TPSA) is 55.3 Å². The van der Waals surface area contributed by atoms with E-state index in [4.69, 9.17) is 10.5 Å². The molecular formula is C10H12N2O2. The Kier molecular flexibility index (Phi) is 2.04. The molecule has 1 aromatic rings. The summed E-state index contributed by atoms with van der Waals surface area (Å²) in [4.78, 5) is 13.4. The lowest BCUT2D eigenvalue weighted by atomic mass is 10.2. The van der Waals surface area contributed by atoms with Crippen molar-refractivity contribution < 1.29 is 9.53 Å². The molecule has 0 aliphatic carbocycles. The Labute approximate surface area is 82.3 Å². The van der Waals surface area contributed by atoms with Gasteiger partial charge in [-0.25, -0.2) is 0 Å². The molecule has 0 radical (unpaired) electrons. The fourth-order valence-corrected chi connectivity index (χ4v) is 1.28. The van der Waals surface area contributed by atoms with Gasteiger partial charge in [-0.2, -0.15) is 0 Å². The minimum atomic E-state index is 0.0447. The van der Waals surface area contributed by atoms with Crippen molar-refractivity contribution in [3.63, 3.8) is 0 Å². The molecule has 2 rings (SSSR count). The molecule has 0 aromatic heterocycles. The van der Waals surface area contributed by atoms with Gasteiger partial charge in [-0.1, -0.05) is 0 Å². The fraction of sp³-hybridized carbons (Fsp3) is 0.300. The lowest BCUT2D eigenvalue weighted by Crippen LogP contribution is -2.10. The van der Waals surface area contributed by atoms with Gasteiger partial charge >= 0.3 is 0 Å². The number of methoxy groups -OCH3 is 1. The first-order valence-electron chi connectivity index (χ1n) is 4.45. The summed E-state index contributed by atoms with van der Waals surface area (Å²) in [5.74, 6) is 0.598. The molecule has 1 fully saturated rings. The fourth-order valence-electron chi connectivity index (χ4n) is 1.28. The first kappa shape index (κ1) is 8.87. The normalized spacial score (nSPS) is 13.9. The van der Waals surface area contributed by atoms with Crippen LogP contribution >= 0.6 is 0 Å². The molecule has 4 heteroatoms. The number of rotatable bonds is 2. The monoisotopic (exact) mass is 192 g/mol. The summed E-state index contributed by atoms with van der Waals surface area (Å²) in [5, 5.41) is 0. The van der Waals surface area contributed by atoms with Crippen molar-refractivity contribution in [3.8, 4) is 5.75 Å². The average Bonchev–Trinajstić information content (AvgIpc) is 3.01. The molecule has 1 aliphatic rings. The van der Waals surface area contributed by atoms with E-state index in [1.807, 2.05) is 0 Å². The molecule has 2 N–H and O–H groups in total. The minimum Gasteiger partial charge on any atom is -0.495 e. The Morgan fingerprint density at radius 1 is 1.50 bits per heavy atom. The number of nitrogen functional groups attached to an aromatic ring is 1. The van der Waals surface area contributed by atoms with Crippen LogP contribution in [0.5, 0.6) is 5.75 Å². The van der Waals surface area contributed by atoms with Crippen molar-refractivity contribution in [2.75, 3.05) is 25.9 Å². The quantitative estimate of drug-likeness (QED) is 0.555. The van der Waals surface area contributed by atoms with Crippen molar-refractivity contribution in [1.29, 1.82) is 0 Å². The van der Waals surface area contributed by atoms with Crippen LogP contribution in [-0.2, 0) is 0 Å². The Hall–Kier alpha value is -1.71. The van der Waals surface area contributed by atoms with Crippen LogP contribution in [0, 0.1) is 0 Å². The van der Waals surface area contributed by atoms with Gasteiger partial charge in [-0.05, 0) is 18.2 Å². The number of amides is 1. The van der Waals surface area contributed by atoms with Gasteiger partial charge in [0.2, 0.25) is 0 Å². The van der Waals surface area contributed by atoms with Crippen molar-refractivity contribution in [1.82, 2.24) is 4.90 Å². The van der Waals surface area contributed by atoms with E-state index in [2.05, 4.69) is 0 Å². The summed E-state index contributed by atoms with van der Waals surface area (Å²) in [7, 11) is 1.54. The van der Waals surface area contributed by atoms with Crippen LogP contribution in [0.15, 0.2) is 18.2 Å². The second-order valence-corrected chi connectivity index (χ2v) is 3.25. The summed E-state index contributed by atoms with van der Waals surface area (Å²) >= 11 is 0. The summed E-state index contributed by atoms with van der Waals surface area (Å²) in [5.41, 5.74) is 6.83. The zero-order valence-electron chi connectivity index (χ0n) is 7.99. The maximum Gasteiger partial charge on any atom is 0.254 e. The smallest absolute Gasteiger partial charge is 0.254 e. The van der Waals surface area contributed by atoms with Gasteiger partial charge in [-0.3, -0.25) is 4.79 Å². The van der Waals surface area contributed by atoms with Gasteiger partial charge in [0.25, 0.3) is 5.91 Å². The molecule has 0 spiro atoms. The number of ether oxygens (including phenoxy) is 1. The first-order chi connectivity index (χ1) is 6.72. The number of carbonyl (C=O) groups excluding carboxylic acids is 1. The molecule has 0 atom stereocenters. The Bertz CT molecular complexity index is 372. The van der Waals surface area contributed by atoms with Crippen LogP contribution in [0.2, 0.25) is 0 Å². The highest BCUT2D eigenvalue weighted by molar-refractivity contribution is 5.96. The highest BCUT2D eigenvalue weighted by Gasteiger charge is 2.25. The SMILES string of the molecule is COc1cc(C(=O)N2CC2)ccc1N. The lowest BCUT2D eigenvalue weighted by Gasteiger charge is -2.06. The first-order valence-corrected chi connectivity index (χ1v) is 4.45. The third-order valence-electron chi connectivity index (χ3n) is 2.21. The Balaban J connectivity index is 2.29. The molecular weight excluding hydrogens is 180 g/mol. The third kappa shape index (κ3) is 1.51. The molecule has 4 nitrogen and oxygen atoms in total. The summed E-state index contributed by atoms with van der Waals surface area (Å²) in [6.07, 6.45) is 0. The summed E-state index contributed by atoms with van der Waals surface area (Å²) in [6.45, 7) is 1.71. The van der Waals surface area contributed by atoms with E-state index >= 15 is 0 Å². The number of hydrogen-bond acceptors (Lipinski definition) is 3. The third-order valence-corrected chi connectivity index (χ3v) is 2.21. The predicted molar refractivity (Wildman–Crippen MR) is 53.3 cm³/mol. The number of hydrogen-bond donors (Lipinski definition) is 1. The van der Waals surface area contributed by atoms with Crippen LogP contribution in [0.3, 0.4) is 0 Å². The largest absolute Gasteiger partial charge is 0.495 e. The molecule has 74 valence electrons. The molecule has 1 amide bonds. The van der Waals surface area contributed by atoms with Crippen LogP contribution in [0.25, 0.3) is 0 Å². The Morgan fingerprint density at radius 2 is 2.21 bits per heavy atom. The van der Waals surface area contributed by atoms with Gasteiger partial charge in [0.1, 0.15) is 5.75 Å². The second-order valence-electron chi connectivity index (χ2n) is 3.25. The van der Waals surface area contributed by atoms with Crippen molar-refractivity contribution in [2.45, 2.75) is 0 Å². The van der Waals surface area contributed by atoms with Crippen LogP contribution in [0.4, 0.5) is 5.69 Å². The van der Waals surface area contributed by atoms with Gasteiger partial charge < -0.3 is 15.4 Å². The van der Waals surface area contributed by atoms with Gasteiger partial charge in [-0.15, -0.1) is 0 Å². The van der Waals surface area contributed by atoms with Gasteiger partial charge in [0, 0.05) is 18.7 Å². The number of carbonyl (C=O) groups is 1.